The van der Waals surface area contributed by atoms with Gasteiger partial charge < -0.3 is 18.6 Å². The highest BCUT2D eigenvalue weighted by Crippen LogP contribution is 2.37. The number of carbonyl (C=O) groups is 1. The minimum atomic E-state index is -0.315. The minimum Gasteiger partial charge on any atom is -0.493 e. The third kappa shape index (κ3) is 3.58. The van der Waals surface area contributed by atoms with E-state index < -0.39 is 0 Å². The second kappa shape index (κ2) is 7.76. The van der Waals surface area contributed by atoms with Gasteiger partial charge in [-0.15, -0.1) is 0 Å². The van der Waals surface area contributed by atoms with Crippen molar-refractivity contribution in [2.45, 2.75) is 20.8 Å². The van der Waals surface area contributed by atoms with Crippen LogP contribution in [-0.2, 0) is 4.79 Å². The number of aryl methyl sites for hydroxylation is 2. The average molecular weight is 382 g/mol. The van der Waals surface area contributed by atoms with E-state index in [2.05, 4.69) is 0 Å². The molecule has 0 spiro atoms. The summed E-state index contributed by atoms with van der Waals surface area (Å²) in [5, 5.41) is 0.438. The molecular formula is C22H22O6. The van der Waals surface area contributed by atoms with Crippen LogP contribution in [0.5, 0.6) is 17.2 Å². The van der Waals surface area contributed by atoms with Crippen molar-refractivity contribution in [1.29, 1.82) is 0 Å². The van der Waals surface area contributed by atoms with Crippen LogP contribution >= 0.6 is 0 Å². The van der Waals surface area contributed by atoms with Crippen LogP contribution < -0.4 is 19.6 Å². The van der Waals surface area contributed by atoms with Crippen molar-refractivity contribution >= 4 is 16.8 Å². The lowest BCUT2D eigenvalue weighted by Gasteiger charge is -2.14. The fourth-order valence-electron chi connectivity index (χ4n) is 3.15. The van der Waals surface area contributed by atoms with Crippen molar-refractivity contribution in [3.05, 3.63) is 51.7 Å². The highest BCUT2D eigenvalue weighted by molar-refractivity contribution is 5.86. The molecule has 1 aromatic heterocycles. The number of carbonyl (C=O) groups excluding carboxylic acids is 1. The molecule has 0 amide bonds. The van der Waals surface area contributed by atoms with Gasteiger partial charge in [0.15, 0.2) is 23.0 Å². The molecule has 0 N–H and O–H groups in total. The number of hydrogen-bond acceptors (Lipinski definition) is 6. The van der Waals surface area contributed by atoms with Gasteiger partial charge >= 0.3 is 0 Å². The van der Waals surface area contributed by atoms with Crippen LogP contribution in [0.2, 0.25) is 0 Å². The maximum atomic E-state index is 13.2. The third-order valence-electron chi connectivity index (χ3n) is 4.36. The molecule has 0 aliphatic carbocycles. The van der Waals surface area contributed by atoms with E-state index in [4.69, 9.17) is 18.6 Å². The van der Waals surface area contributed by atoms with Crippen LogP contribution in [0.1, 0.15) is 18.1 Å². The zero-order chi connectivity index (χ0) is 20.4. The predicted molar refractivity (Wildman–Crippen MR) is 107 cm³/mol. The van der Waals surface area contributed by atoms with Gasteiger partial charge in [-0.25, -0.2) is 0 Å². The quantitative estimate of drug-likeness (QED) is 0.640. The fourth-order valence-corrected chi connectivity index (χ4v) is 3.15. The lowest BCUT2D eigenvalue weighted by molar-refractivity contribution is -0.118. The van der Waals surface area contributed by atoms with Crippen LogP contribution in [0.15, 0.2) is 39.5 Å². The number of fused-ring (bicyclic) bond motifs is 1. The molecule has 0 aliphatic rings. The molecule has 0 unspecified atom stereocenters. The van der Waals surface area contributed by atoms with Crippen molar-refractivity contribution in [2.24, 2.45) is 0 Å². The van der Waals surface area contributed by atoms with Crippen molar-refractivity contribution in [3.63, 3.8) is 0 Å². The van der Waals surface area contributed by atoms with E-state index in [0.29, 0.717) is 28.0 Å². The number of ketones is 1. The molecule has 6 heteroatoms. The molecule has 0 fully saturated rings. The Kier molecular flexibility index (Phi) is 5.40. The van der Waals surface area contributed by atoms with Gasteiger partial charge in [0.05, 0.1) is 19.6 Å². The highest BCUT2D eigenvalue weighted by atomic mass is 16.5. The first-order valence-electron chi connectivity index (χ1n) is 8.78. The number of hydrogen-bond donors (Lipinski definition) is 0. The second-order valence-corrected chi connectivity index (χ2v) is 6.60. The standard InChI is InChI=1S/C22H22O6/c1-12-8-13(2)19-18(9-12)28-21(22(20(19)24)27-11-14(3)23)15-6-7-16(25-4)17(10-15)26-5/h6-10H,11H2,1-5H3. The molecule has 1 heterocycles. The predicted octanol–water partition coefficient (Wildman–Crippen LogP) is 4.06. The Morgan fingerprint density at radius 3 is 2.39 bits per heavy atom. The van der Waals surface area contributed by atoms with Gasteiger partial charge in [0.1, 0.15) is 12.2 Å². The summed E-state index contributed by atoms with van der Waals surface area (Å²) in [6.07, 6.45) is 0. The largest absolute Gasteiger partial charge is 0.493 e. The minimum absolute atomic E-state index is 0.00173. The van der Waals surface area contributed by atoms with Gasteiger partial charge in [-0.3, -0.25) is 9.59 Å². The van der Waals surface area contributed by atoms with E-state index in [9.17, 15) is 9.59 Å². The summed E-state index contributed by atoms with van der Waals surface area (Å²) in [7, 11) is 3.07. The Morgan fingerprint density at radius 1 is 1.04 bits per heavy atom. The Bertz CT molecular complexity index is 1110. The lowest BCUT2D eigenvalue weighted by Crippen LogP contribution is -2.15. The van der Waals surface area contributed by atoms with Crippen molar-refractivity contribution in [3.8, 4) is 28.6 Å². The topological polar surface area (TPSA) is 75.0 Å². The van der Waals surface area contributed by atoms with E-state index in [-0.39, 0.29) is 29.3 Å². The molecule has 0 aliphatic heterocycles. The SMILES string of the molecule is COc1ccc(-c2oc3cc(C)cc(C)c3c(=O)c2OCC(C)=O)cc1OC. The first-order valence-corrected chi connectivity index (χ1v) is 8.78. The summed E-state index contributed by atoms with van der Waals surface area (Å²) in [6.45, 7) is 4.95. The summed E-state index contributed by atoms with van der Waals surface area (Å²) < 4.78 is 22.3. The van der Waals surface area contributed by atoms with Crippen LogP contribution in [0, 0.1) is 13.8 Å². The monoisotopic (exact) mass is 382 g/mol. The van der Waals surface area contributed by atoms with Crippen LogP contribution in [0.4, 0.5) is 0 Å². The fraction of sp³-hybridized carbons (Fsp3) is 0.273. The van der Waals surface area contributed by atoms with Crippen molar-refractivity contribution in [2.75, 3.05) is 20.8 Å². The average Bonchev–Trinajstić information content (AvgIpc) is 2.65. The molecule has 0 saturated heterocycles. The first kappa shape index (κ1) is 19.5. The lowest BCUT2D eigenvalue weighted by atomic mass is 10.0. The maximum Gasteiger partial charge on any atom is 0.235 e. The van der Waals surface area contributed by atoms with Crippen molar-refractivity contribution < 1.29 is 23.4 Å². The molecule has 0 radical (unpaired) electrons. The Balaban J connectivity index is 2.32. The normalized spacial score (nSPS) is 10.8. The molecule has 28 heavy (non-hydrogen) atoms. The number of rotatable bonds is 6. The van der Waals surface area contributed by atoms with E-state index in [1.165, 1.54) is 14.0 Å². The summed E-state index contributed by atoms with van der Waals surface area (Å²) in [6, 6.07) is 8.88. The maximum absolute atomic E-state index is 13.2. The summed E-state index contributed by atoms with van der Waals surface area (Å²) in [5.41, 5.74) is 2.49. The molecule has 3 rings (SSSR count). The van der Waals surface area contributed by atoms with Gasteiger partial charge in [-0.1, -0.05) is 6.07 Å². The Labute approximate surface area is 162 Å². The first-order chi connectivity index (χ1) is 13.3. The summed E-state index contributed by atoms with van der Waals surface area (Å²) in [5.74, 6) is 1.08. The molecule has 6 nitrogen and oxygen atoms in total. The molecule has 0 saturated carbocycles. The molecule has 0 atom stereocenters. The summed E-state index contributed by atoms with van der Waals surface area (Å²) >= 11 is 0. The van der Waals surface area contributed by atoms with E-state index >= 15 is 0 Å². The van der Waals surface area contributed by atoms with Gasteiger partial charge in [0, 0.05) is 5.56 Å². The molecule has 3 aromatic rings. The molecular weight excluding hydrogens is 360 g/mol. The number of ether oxygens (including phenoxy) is 3. The zero-order valence-corrected chi connectivity index (χ0v) is 16.5. The van der Waals surface area contributed by atoms with Crippen LogP contribution in [0.3, 0.4) is 0 Å². The highest BCUT2D eigenvalue weighted by Gasteiger charge is 2.21. The zero-order valence-electron chi connectivity index (χ0n) is 16.5. The molecule has 2 aromatic carbocycles. The smallest absolute Gasteiger partial charge is 0.235 e. The van der Waals surface area contributed by atoms with E-state index in [0.717, 1.165) is 11.1 Å². The Hall–Kier alpha value is -3.28. The summed E-state index contributed by atoms with van der Waals surface area (Å²) in [4.78, 5) is 24.6. The Morgan fingerprint density at radius 2 is 1.75 bits per heavy atom. The molecule has 146 valence electrons. The second-order valence-electron chi connectivity index (χ2n) is 6.60. The van der Waals surface area contributed by atoms with Crippen LogP contribution in [-0.4, -0.2) is 26.6 Å². The van der Waals surface area contributed by atoms with Gasteiger partial charge in [-0.05, 0) is 56.2 Å². The van der Waals surface area contributed by atoms with Gasteiger partial charge in [0.25, 0.3) is 0 Å². The van der Waals surface area contributed by atoms with E-state index in [1.807, 2.05) is 26.0 Å². The van der Waals surface area contributed by atoms with E-state index in [1.54, 1.807) is 25.3 Å². The number of Topliss-reactive ketones (excluding diaryl/α,β-unsaturated/α-hetero) is 1. The number of methoxy groups -OCH3 is 2. The van der Waals surface area contributed by atoms with Gasteiger partial charge in [0.2, 0.25) is 11.2 Å². The molecule has 0 bridgehead atoms. The van der Waals surface area contributed by atoms with Crippen LogP contribution in [0.25, 0.3) is 22.3 Å². The van der Waals surface area contributed by atoms with Gasteiger partial charge in [-0.2, -0.15) is 0 Å². The third-order valence-corrected chi connectivity index (χ3v) is 4.36. The number of benzene rings is 2. The van der Waals surface area contributed by atoms with Crippen molar-refractivity contribution in [1.82, 2.24) is 0 Å².